The Labute approximate surface area is 124 Å². The summed E-state index contributed by atoms with van der Waals surface area (Å²) in [5.74, 6) is -0.129. The van der Waals surface area contributed by atoms with E-state index in [1.54, 1.807) is 26.8 Å². The molecule has 0 saturated carbocycles. The molecular weight excluding hydrogens is 270 g/mol. The van der Waals surface area contributed by atoms with Crippen LogP contribution in [0.25, 0.3) is 0 Å². The molecule has 6 heteroatoms. The van der Waals surface area contributed by atoms with Crippen LogP contribution in [0.2, 0.25) is 0 Å². The molecule has 0 aliphatic rings. The zero-order valence-electron chi connectivity index (χ0n) is 12.7. The number of nitriles is 1. The van der Waals surface area contributed by atoms with Crippen LogP contribution in [0, 0.1) is 11.3 Å². The number of pyridine rings is 1. The van der Waals surface area contributed by atoms with Gasteiger partial charge in [0.15, 0.2) is 5.78 Å². The number of nitrogens with one attached hydrogen (secondary N) is 1. The normalized spacial score (nSPS) is 10.6. The van der Waals surface area contributed by atoms with E-state index in [-0.39, 0.29) is 11.5 Å². The Morgan fingerprint density at radius 2 is 2.05 bits per heavy atom. The van der Waals surface area contributed by atoms with E-state index in [9.17, 15) is 9.59 Å². The second-order valence-corrected chi connectivity index (χ2v) is 5.58. The minimum Gasteiger partial charge on any atom is -0.444 e. The molecule has 6 nitrogen and oxygen atoms in total. The monoisotopic (exact) mass is 289 g/mol. The van der Waals surface area contributed by atoms with Crippen molar-refractivity contribution in [3.63, 3.8) is 0 Å². The summed E-state index contributed by atoms with van der Waals surface area (Å²) < 4.78 is 5.11. The SMILES string of the molecule is CC(=O)c1cc(C#N)nc(CCNC(=O)OC(C)(C)C)c1. The Balaban J connectivity index is 2.64. The van der Waals surface area contributed by atoms with Crippen molar-refractivity contribution in [2.24, 2.45) is 0 Å². The van der Waals surface area contributed by atoms with Crippen molar-refractivity contribution in [2.45, 2.75) is 39.7 Å². The number of carbonyl (C=O) groups excluding carboxylic acids is 2. The summed E-state index contributed by atoms with van der Waals surface area (Å²) >= 11 is 0. The quantitative estimate of drug-likeness (QED) is 0.858. The minimum atomic E-state index is -0.551. The smallest absolute Gasteiger partial charge is 0.407 e. The van der Waals surface area contributed by atoms with Crippen molar-refractivity contribution < 1.29 is 14.3 Å². The number of amides is 1. The number of nitrogens with zero attached hydrogens (tertiary/aromatic N) is 2. The van der Waals surface area contributed by atoms with Gasteiger partial charge >= 0.3 is 6.09 Å². The van der Waals surface area contributed by atoms with Crippen LogP contribution in [0.15, 0.2) is 12.1 Å². The summed E-state index contributed by atoms with van der Waals surface area (Å²) in [5.41, 5.74) is 0.657. The molecule has 0 aliphatic heterocycles. The zero-order chi connectivity index (χ0) is 16.0. The van der Waals surface area contributed by atoms with Crippen LogP contribution >= 0.6 is 0 Å². The van der Waals surface area contributed by atoms with Crippen LogP contribution in [0.5, 0.6) is 0 Å². The molecule has 21 heavy (non-hydrogen) atoms. The first-order valence-electron chi connectivity index (χ1n) is 6.60. The van der Waals surface area contributed by atoms with Gasteiger partial charge in [-0.15, -0.1) is 0 Å². The molecule has 0 unspecified atom stereocenters. The molecule has 0 spiro atoms. The lowest BCUT2D eigenvalue weighted by atomic mass is 10.1. The molecule has 0 fully saturated rings. The van der Waals surface area contributed by atoms with Crippen molar-refractivity contribution in [1.82, 2.24) is 10.3 Å². The first kappa shape index (κ1) is 16.6. The third-order valence-corrected chi connectivity index (χ3v) is 2.45. The molecule has 1 heterocycles. The molecule has 0 saturated heterocycles. The number of alkyl carbamates (subject to hydrolysis) is 1. The van der Waals surface area contributed by atoms with Crippen LogP contribution in [0.1, 0.15) is 49.4 Å². The van der Waals surface area contributed by atoms with Gasteiger partial charge in [0, 0.05) is 24.2 Å². The first-order valence-corrected chi connectivity index (χ1v) is 6.60. The highest BCUT2D eigenvalue weighted by Gasteiger charge is 2.15. The molecule has 1 aromatic rings. The summed E-state index contributed by atoms with van der Waals surface area (Å²) in [7, 11) is 0. The number of hydrogen-bond acceptors (Lipinski definition) is 5. The Morgan fingerprint density at radius 1 is 1.38 bits per heavy atom. The van der Waals surface area contributed by atoms with Crippen molar-refractivity contribution >= 4 is 11.9 Å². The largest absolute Gasteiger partial charge is 0.444 e. The van der Waals surface area contributed by atoms with Crippen LogP contribution in [-0.2, 0) is 11.2 Å². The minimum absolute atomic E-state index is 0.129. The number of rotatable bonds is 4. The molecule has 112 valence electrons. The van der Waals surface area contributed by atoms with Gasteiger partial charge in [0.2, 0.25) is 0 Å². The molecule has 1 rings (SSSR count). The average Bonchev–Trinajstić information content (AvgIpc) is 2.36. The number of aromatic nitrogens is 1. The lowest BCUT2D eigenvalue weighted by Crippen LogP contribution is -2.33. The van der Waals surface area contributed by atoms with Crippen molar-refractivity contribution in [3.8, 4) is 6.07 Å². The van der Waals surface area contributed by atoms with E-state index in [0.717, 1.165) is 0 Å². The fourth-order valence-corrected chi connectivity index (χ4v) is 1.58. The van der Waals surface area contributed by atoms with Crippen molar-refractivity contribution in [2.75, 3.05) is 6.54 Å². The van der Waals surface area contributed by atoms with Gasteiger partial charge in [-0.25, -0.2) is 9.78 Å². The summed E-state index contributed by atoms with van der Waals surface area (Å²) in [4.78, 5) is 27.0. The van der Waals surface area contributed by atoms with Gasteiger partial charge in [-0.3, -0.25) is 4.79 Å². The van der Waals surface area contributed by atoms with Gasteiger partial charge in [0.05, 0.1) is 0 Å². The molecule has 1 amide bonds. The average molecular weight is 289 g/mol. The summed E-state index contributed by atoms with van der Waals surface area (Å²) in [6.07, 6.45) is -0.0968. The maximum absolute atomic E-state index is 11.5. The molecule has 0 aliphatic carbocycles. The van der Waals surface area contributed by atoms with Crippen molar-refractivity contribution in [1.29, 1.82) is 5.26 Å². The van der Waals surface area contributed by atoms with E-state index in [1.807, 2.05) is 6.07 Å². The number of ketones is 1. The first-order chi connectivity index (χ1) is 9.71. The highest BCUT2D eigenvalue weighted by Crippen LogP contribution is 2.08. The van der Waals surface area contributed by atoms with E-state index < -0.39 is 11.7 Å². The fraction of sp³-hybridized carbons (Fsp3) is 0.467. The number of carbonyl (C=O) groups is 2. The van der Waals surface area contributed by atoms with Gasteiger partial charge in [-0.1, -0.05) is 0 Å². The Kier molecular flexibility index (Phi) is 5.42. The molecule has 1 aromatic heterocycles. The summed E-state index contributed by atoms with van der Waals surface area (Å²) in [5, 5.41) is 11.5. The topological polar surface area (TPSA) is 92.1 Å². The van der Waals surface area contributed by atoms with Crippen LogP contribution < -0.4 is 5.32 Å². The lowest BCUT2D eigenvalue weighted by Gasteiger charge is -2.19. The molecule has 0 radical (unpaired) electrons. The molecule has 0 aromatic carbocycles. The molecule has 0 bridgehead atoms. The van der Waals surface area contributed by atoms with Gasteiger partial charge in [0.25, 0.3) is 0 Å². The van der Waals surface area contributed by atoms with Gasteiger partial charge < -0.3 is 10.1 Å². The van der Waals surface area contributed by atoms with E-state index in [1.165, 1.54) is 13.0 Å². The van der Waals surface area contributed by atoms with Gasteiger partial charge in [0.1, 0.15) is 17.4 Å². The van der Waals surface area contributed by atoms with E-state index in [0.29, 0.717) is 24.2 Å². The third-order valence-electron chi connectivity index (χ3n) is 2.45. The van der Waals surface area contributed by atoms with E-state index >= 15 is 0 Å². The molecule has 0 atom stereocenters. The zero-order valence-corrected chi connectivity index (χ0v) is 12.7. The van der Waals surface area contributed by atoms with Gasteiger partial charge in [-0.05, 0) is 39.8 Å². The van der Waals surface area contributed by atoms with E-state index in [2.05, 4.69) is 10.3 Å². The maximum Gasteiger partial charge on any atom is 0.407 e. The summed E-state index contributed by atoms with van der Waals surface area (Å²) in [6.45, 7) is 7.09. The molecule has 1 N–H and O–H groups in total. The number of hydrogen-bond donors (Lipinski definition) is 1. The van der Waals surface area contributed by atoms with Gasteiger partial charge in [-0.2, -0.15) is 5.26 Å². The second-order valence-electron chi connectivity index (χ2n) is 5.58. The second kappa shape index (κ2) is 6.84. The predicted molar refractivity (Wildman–Crippen MR) is 76.9 cm³/mol. The Morgan fingerprint density at radius 3 is 2.57 bits per heavy atom. The highest BCUT2D eigenvalue weighted by molar-refractivity contribution is 5.94. The third kappa shape index (κ3) is 6.04. The molecular formula is C15H19N3O3. The van der Waals surface area contributed by atoms with E-state index in [4.69, 9.17) is 10.00 Å². The van der Waals surface area contributed by atoms with Crippen LogP contribution in [0.3, 0.4) is 0 Å². The van der Waals surface area contributed by atoms with Crippen molar-refractivity contribution in [3.05, 3.63) is 29.1 Å². The van der Waals surface area contributed by atoms with Crippen LogP contribution in [-0.4, -0.2) is 29.0 Å². The highest BCUT2D eigenvalue weighted by atomic mass is 16.6. The Bertz CT molecular complexity index is 583. The predicted octanol–water partition coefficient (Wildman–Crippen LogP) is 2.22. The fourth-order valence-electron chi connectivity index (χ4n) is 1.58. The number of ether oxygens (including phenoxy) is 1. The maximum atomic E-state index is 11.5. The standard InChI is InChI=1S/C15H19N3O3/c1-10(19)11-7-12(18-13(8-11)9-16)5-6-17-14(20)21-15(2,3)4/h7-8H,5-6H2,1-4H3,(H,17,20). The number of Topliss-reactive ketones (excluding diaryl/α,β-unsaturated/α-hetero) is 1. The lowest BCUT2D eigenvalue weighted by molar-refractivity contribution is 0.0528. The Hall–Kier alpha value is -2.42. The summed E-state index contributed by atoms with van der Waals surface area (Å²) in [6, 6.07) is 4.99. The van der Waals surface area contributed by atoms with Crippen LogP contribution in [0.4, 0.5) is 4.79 Å².